The molecule has 0 bridgehead atoms. The molecule has 1 amide bonds. The molecule has 0 radical (unpaired) electrons. The van der Waals surface area contributed by atoms with Gasteiger partial charge in [0.25, 0.3) is 5.91 Å². The van der Waals surface area contributed by atoms with Gasteiger partial charge in [-0.15, -0.1) is 0 Å². The summed E-state index contributed by atoms with van der Waals surface area (Å²) in [5.41, 5.74) is -1.49. The van der Waals surface area contributed by atoms with E-state index >= 15 is 0 Å². The average Bonchev–Trinajstić information content (AvgIpc) is 3.03. The maximum Gasteiger partial charge on any atom is 0.359 e. The van der Waals surface area contributed by atoms with Crippen LogP contribution in [0.4, 0.5) is 5.69 Å². The van der Waals surface area contributed by atoms with Gasteiger partial charge < -0.3 is 19.7 Å². The van der Waals surface area contributed by atoms with Crippen LogP contribution in [-0.2, 0) is 15.1 Å². The van der Waals surface area contributed by atoms with E-state index in [0.29, 0.717) is 21.0 Å². The fraction of sp³-hybridized carbons (Fsp3) is 0.353. The molecule has 3 rings (SSSR count). The highest BCUT2D eigenvalue weighted by Crippen LogP contribution is 2.44. The van der Waals surface area contributed by atoms with Crippen molar-refractivity contribution in [3.63, 3.8) is 0 Å². The van der Waals surface area contributed by atoms with Crippen molar-refractivity contribution in [1.82, 2.24) is 9.55 Å². The Morgan fingerprint density at radius 3 is 2.81 bits per heavy atom. The summed E-state index contributed by atoms with van der Waals surface area (Å²) in [5, 5.41) is 14.5. The predicted molar refractivity (Wildman–Crippen MR) is 99.3 cm³/mol. The van der Waals surface area contributed by atoms with Crippen LogP contribution in [-0.4, -0.2) is 33.1 Å². The number of carbonyl (C=O) groups is 2. The van der Waals surface area contributed by atoms with Crippen molar-refractivity contribution in [3.05, 3.63) is 44.9 Å². The van der Waals surface area contributed by atoms with E-state index in [1.54, 1.807) is 29.7 Å². The Morgan fingerprint density at radius 1 is 1.50 bits per heavy atom. The van der Waals surface area contributed by atoms with Crippen LogP contribution in [0, 0.1) is 0 Å². The highest BCUT2D eigenvalue weighted by molar-refractivity contribution is 9.10. The summed E-state index contributed by atoms with van der Waals surface area (Å²) < 4.78 is 6.97. The molecule has 1 unspecified atom stereocenters. The van der Waals surface area contributed by atoms with E-state index < -0.39 is 17.5 Å². The number of ether oxygens (including phenoxy) is 1. The van der Waals surface area contributed by atoms with Gasteiger partial charge in [-0.05, 0) is 48.8 Å². The summed E-state index contributed by atoms with van der Waals surface area (Å²) in [5.74, 6) is -1.40. The Hall–Kier alpha value is -1.90. The molecule has 1 aromatic heterocycles. The Morgan fingerprint density at radius 2 is 2.19 bits per heavy atom. The van der Waals surface area contributed by atoms with Crippen molar-refractivity contribution in [3.8, 4) is 0 Å². The van der Waals surface area contributed by atoms with Crippen molar-refractivity contribution >= 4 is 45.1 Å². The van der Waals surface area contributed by atoms with Gasteiger partial charge in [-0.3, -0.25) is 4.79 Å². The number of nitrogens with one attached hydrogen (secondary N) is 1. The first-order valence-corrected chi connectivity index (χ1v) is 9.18. The highest BCUT2D eigenvalue weighted by atomic mass is 79.9. The number of nitrogens with zero attached hydrogens (tertiary/aromatic N) is 2. The van der Waals surface area contributed by atoms with Gasteiger partial charge in [0.05, 0.1) is 6.61 Å². The number of aromatic nitrogens is 2. The number of rotatable bonds is 4. The molecule has 0 fully saturated rings. The fourth-order valence-corrected chi connectivity index (χ4v) is 4.01. The van der Waals surface area contributed by atoms with Gasteiger partial charge in [0.2, 0.25) is 5.60 Å². The minimum atomic E-state index is -2.11. The zero-order chi connectivity index (χ0) is 19.2. The number of anilines is 1. The van der Waals surface area contributed by atoms with Crippen molar-refractivity contribution in [2.45, 2.75) is 32.4 Å². The quantitative estimate of drug-likeness (QED) is 0.709. The molecule has 2 heterocycles. The first-order chi connectivity index (χ1) is 12.2. The van der Waals surface area contributed by atoms with Crippen LogP contribution in [0.5, 0.6) is 0 Å². The number of hydrogen-bond acceptors (Lipinski definition) is 5. The standard InChI is InChI=1S/C17H17BrClN3O4/c1-4-26-14(23)12-13(22(8(2)3)16(18)21-12)17(25)10-6-5-9(19)7-11(10)20-15(17)24/h5-8,25H,4H2,1-3H3,(H,20,24). The number of benzene rings is 1. The lowest BCUT2D eigenvalue weighted by atomic mass is 9.90. The first kappa shape index (κ1) is 18.9. The summed E-state index contributed by atoms with van der Waals surface area (Å²) in [6, 6.07) is 4.47. The minimum absolute atomic E-state index is 0.0522. The van der Waals surface area contributed by atoms with Crippen LogP contribution in [0.25, 0.3) is 0 Å². The maximum absolute atomic E-state index is 12.8. The molecule has 2 aromatic rings. The molecule has 1 atom stereocenters. The largest absolute Gasteiger partial charge is 0.461 e. The summed E-state index contributed by atoms with van der Waals surface area (Å²) in [6.45, 7) is 5.51. The molecule has 0 spiro atoms. The van der Waals surface area contributed by atoms with Gasteiger partial charge >= 0.3 is 5.97 Å². The molecule has 2 N–H and O–H groups in total. The number of fused-ring (bicyclic) bond motifs is 1. The number of esters is 1. The zero-order valence-electron chi connectivity index (χ0n) is 14.3. The van der Waals surface area contributed by atoms with Crippen molar-refractivity contribution < 1.29 is 19.4 Å². The lowest BCUT2D eigenvalue weighted by Gasteiger charge is -2.25. The smallest absolute Gasteiger partial charge is 0.359 e. The molecule has 26 heavy (non-hydrogen) atoms. The van der Waals surface area contributed by atoms with Crippen molar-refractivity contribution in [2.24, 2.45) is 0 Å². The fourth-order valence-electron chi connectivity index (χ4n) is 3.07. The molecule has 138 valence electrons. The molecule has 1 aliphatic rings. The van der Waals surface area contributed by atoms with Gasteiger partial charge in [0, 0.05) is 22.3 Å². The molecule has 0 saturated carbocycles. The maximum atomic E-state index is 12.8. The molecular weight excluding hydrogens is 426 g/mol. The SMILES string of the molecule is CCOC(=O)c1nc(Br)n(C(C)C)c1C1(O)C(=O)Nc2cc(Cl)ccc21. The topological polar surface area (TPSA) is 93.4 Å². The zero-order valence-corrected chi connectivity index (χ0v) is 16.7. The number of aliphatic hydroxyl groups is 1. The normalized spacial score (nSPS) is 18.8. The van der Waals surface area contributed by atoms with Crippen LogP contribution >= 0.6 is 27.5 Å². The molecule has 0 saturated heterocycles. The summed E-state index contributed by atoms with van der Waals surface area (Å²) >= 11 is 9.30. The van der Waals surface area contributed by atoms with E-state index in [2.05, 4.69) is 26.2 Å². The summed E-state index contributed by atoms with van der Waals surface area (Å²) in [4.78, 5) is 29.4. The van der Waals surface area contributed by atoms with Crippen LogP contribution in [0.3, 0.4) is 0 Å². The summed E-state index contributed by atoms with van der Waals surface area (Å²) in [7, 11) is 0. The minimum Gasteiger partial charge on any atom is -0.461 e. The molecular formula is C17H17BrClN3O4. The van der Waals surface area contributed by atoms with Gasteiger partial charge in [-0.2, -0.15) is 0 Å². The molecule has 1 aliphatic heterocycles. The Balaban J connectivity index is 2.32. The number of imidazole rings is 1. The van der Waals surface area contributed by atoms with Crippen molar-refractivity contribution in [2.75, 3.05) is 11.9 Å². The van der Waals surface area contributed by atoms with E-state index in [1.165, 1.54) is 0 Å². The summed E-state index contributed by atoms with van der Waals surface area (Å²) in [6.07, 6.45) is 0. The average molecular weight is 443 g/mol. The second-order valence-corrected chi connectivity index (χ2v) is 7.26. The van der Waals surface area contributed by atoms with Crippen molar-refractivity contribution in [1.29, 1.82) is 0 Å². The second-order valence-electron chi connectivity index (χ2n) is 6.12. The second kappa shape index (κ2) is 6.68. The lowest BCUT2D eigenvalue weighted by Crippen LogP contribution is -2.39. The number of carbonyl (C=O) groups excluding carboxylic acids is 2. The lowest BCUT2D eigenvalue weighted by molar-refractivity contribution is -0.130. The predicted octanol–water partition coefficient (Wildman–Crippen LogP) is 3.24. The van der Waals surface area contributed by atoms with Gasteiger partial charge in [0.1, 0.15) is 5.69 Å². The third-order valence-electron chi connectivity index (χ3n) is 4.14. The number of hydrogen-bond donors (Lipinski definition) is 2. The highest BCUT2D eigenvalue weighted by Gasteiger charge is 2.52. The molecule has 0 aliphatic carbocycles. The monoisotopic (exact) mass is 441 g/mol. The van der Waals surface area contributed by atoms with Crippen LogP contribution < -0.4 is 5.32 Å². The Labute approximate surface area is 163 Å². The van der Waals surface area contributed by atoms with E-state index in [-0.39, 0.29) is 24.0 Å². The first-order valence-electron chi connectivity index (χ1n) is 8.01. The Kier molecular flexibility index (Phi) is 4.85. The van der Waals surface area contributed by atoms with Crippen LogP contribution in [0.2, 0.25) is 5.02 Å². The van der Waals surface area contributed by atoms with Gasteiger partial charge in [-0.1, -0.05) is 17.7 Å². The van der Waals surface area contributed by atoms with Crippen LogP contribution in [0.1, 0.15) is 48.6 Å². The van der Waals surface area contributed by atoms with Gasteiger partial charge in [-0.25, -0.2) is 9.78 Å². The number of amides is 1. The van der Waals surface area contributed by atoms with E-state index in [0.717, 1.165) is 0 Å². The van der Waals surface area contributed by atoms with E-state index in [1.807, 2.05) is 13.8 Å². The van der Waals surface area contributed by atoms with Gasteiger partial charge in [0.15, 0.2) is 10.4 Å². The van der Waals surface area contributed by atoms with Crippen LogP contribution in [0.15, 0.2) is 22.9 Å². The third-order valence-corrected chi connectivity index (χ3v) is 4.94. The Bertz CT molecular complexity index is 912. The molecule has 1 aromatic carbocycles. The molecule has 7 nitrogen and oxygen atoms in total. The van der Waals surface area contributed by atoms with E-state index in [4.69, 9.17) is 16.3 Å². The third kappa shape index (κ3) is 2.72. The molecule has 9 heteroatoms. The number of halogens is 2. The van der Waals surface area contributed by atoms with E-state index in [9.17, 15) is 14.7 Å².